The quantitative estimate of drug-likeness (QED) is 0.553. The van der Waals surface area contributed by atoms with Gasteiger partial charge in [-0.1, -0.05) is 13.8 Å². The Morgan fingerprint density at radius 2 is 1.91 bits per heavy atom. The van der Waals surface area contributed by atoms with E-state index in [1.54, 1.807) is 0 Å². The zero-order valence-corrected chi connectivity index (χ0v) is 7.21. The van der Waals surface area contributed by atoms with E-state index in [1.807, 2.05) is 18.7 Å². The first-order chi connectivity index (χ1) is 5.18. The van der Waals surface area contributed by atoms with E-state index < -0.39 is 0 Å². The molecule has 2 atom stereocenters. The lowest BCUT2D eigenvalue weighted by Crippen LogP contribution is -2.33. The third kappa shape index (κ3) is 1.15. The van der Waals surface area contributed by atoms with Gasteiger partial charge in [-0.15, -0.1) is 0 Å². The van der Waals surface area contributed by atoms with Crippen LogP contribution in [-0.2, 0) is 4.79 Å². The van der Waals surface area contributed by atoms with E-state index in [0.717, 1.165) is 24.9 Å². The van der Waals surface area contributed by atoms with Crippen molar-refractivity contribution in [3.8, 4) is 0 Å². The van der Waals surface area contributed by atoms with Crippen molar-refractivity contribution in [2.45, 2.75) is 20.3 Å². The second kappa shape index (κ2) is 2.23. The van der Waals surface area contributed by atoms with Gasteiger partial charge in [0, 0.05) is 19.0 Å². The Morgan fingerprint density at radius 3 is 2.36 bits per heavy atom. The number of hydrogen-bond acceptors (Lipinski definition) is 1. The van der Waals surface area contributed by atoms with Crippen molar-refractivity contribution in [3.63, 3.8) is 0 Å². The van der Waals surface area contributed by atoms with Gasteiger partial charge < -0.3 is 4.90 Å². The molecule has 1 aliphatic carbocycles. The molecule has 0 aromatic carbocycles. The highest BCUT2D eigenvalue weighted by Crippen LogP contribution is 2.45. The molecule has 2 unspecified atom stereocenters. The maximum absolute atomic E-state index is 11.4. The van der Waals surface area contributed by atoms with E-state index in [1.165, 1.54) is 6.42 Å². The second-order valence-electron chi connectivity index (χ2n) is 4.15. The van der Waals surface area contributed by atoms with Crippen molar-refractivity contribution in [2.75, 3.05) is 13.1 Å². The average molecular weight is 153 g/mol. The van der Waals surface area contributed by atoms with Crippen LogP contribution in [0.5, 0.6) is 0 Å². The Balaban J connectivity index is 1.92. The van der Waals surface area contributed by atoms with Crippen molar-refractivity contribution in [3.05, 3.63) is 0 Å². The number of carbonyl (C=O) groups excluding carboxylic acids is 1. The minimum atomic E-state index is 0.187. The fourth-order valence-electron chi connectivity index (χ4n) is 1.94. The van der Waals surface area contributed by atoms with E-state index in [0.29, 0.717) is 5.91 Å². The molecule has 0 N–H and O–H groups in total. The first-order valence-corrected chi connectivity index (χ1v) is 4.47. The lowest BCUT2D eigenvalue weighted by atomic mass is 10.2. The van der Waals surface area contributed by atoms with Crippen LogP contribution in [0.2, 0.25) is 0 Å². The summed E-state index contributed by atoms with van der Waals surface area (Å²) in [6.45, 7) is 6.04. The van der Waals surface area contributed by atoms with Gasteiger partial charge in [-0.05, 0) is 18.3 Å². The molecule has 0 aromatic rings. The van der Waals surface area contributed by atoms with Crippen LogP contribution in [0.1, 0.15) is 20.3 Å². The van der Waals surface area contributed by atoms with Gasteiger partial charge >= 0.3 is 0 Å². The van der Waals surface area contributed by atoms with Crippen LogP contribution in [0.25, 0.3) is 0 Å². The zero-order chi connectivity index (χ0) is 8.01. The van der Waals surface area contributed by atoms with Gasteiger partial charge in [0.25, 0.3) is 0 Å². The van der Waals surface area contributed by atoms with Crippen molar-refractivity contribution >= 4 is 5.91 Å². The molecule has 2 fully saturated rings. The predicted molar refractivity (Wildman–Crippen MR) is 43.0 cm³/mol. The molecule has 2 rings (SSSR count). The Kier molecular flexibility index (Phi) is 1.44. The van der Waals surface area contributed by atoms with Gasteiger partial charge in [0.05, 0.1) is 0 Å². The van der Waals surface area contributed by atoms with Crippen molar-refractivity contribution in [2.24, 2.45) is 17.8 Å². The summed E-state index contributed by atoms with van der Waals surface area (Å²) in [7, 11) is 0. The van der Waals surface area contributed by atoms with Gasteiger partial charge in [-0.3, -0.25) is 4.79 Å². The fraction of sp³-hybridized carbons (Fsp3) is 0.889. The number of hydrogen-bond donors (Lipinski definition) is 0. The second-order valence-corrected chi connectivity index (χ2v) is 4.15. The summed E-state index contributed by atoms with van der Waals surface area (Å²) in [5.41, 5.74) is 0. The van der Waals surface area contributed by atoms with Gasteiger partial charge in [0.15, 0.2) is 0 Å². The topological polar surface area (TPSA) is 20.3 Å². The summed E-state index contributed by atoms with van der Waals surface area (Å²) >= 11 is 0. The molecule has 1 saturated heterocycles. The molecular formula is C9H15NO. The first kappa shape index (κ1) is 7.14. The summed E-state index contributed by atoms with van der Waals surface area (Å²) in [6.07, 6.45) is 1.38. The maximum Gasteiger partial charge on any atom is 0.225 e. The lowest BCUT2D eigenvalue weighted by Gasteiger charge is -2.19. The Hall–Kier alpha value is -0.530. The van der Waals surface area contributed by atoms with Crippen LogP contribution < -0.4 is 0 Å². The predicted octanol–water partition coefficient (Wildman–Crippen LogP) is 1.12. The molecule has 1 amide bonds. The summed E-state index contributed by atoms with van der Waals surface area (Å²) < 4.78 is 0. The molecule has 0 aromatic heterocycles. The van der Waals surface area contributed by atoms with Gasteiger partial charge in [0.1, 0.15) is 0 Å². The van der Waals surface area contributed by atoms with Crippen LogP contribution in [0.3, 0.4) is 0 Å². The Morgan fingerprint density at radius 1 is 1.36 bits per heavy atom. The molecule has 2 aliphatic rings. The SMILES string of the molecule is CC(C)C(=O)N1CC2CC2C1. The average Bonchev–Trinajstić information content (AvgIpc) is 2.57. The van der Waals surface area contributed by atoms with Crippen molar-refractivity contribution < 1.29 is 4.79 Å². The minimum absolute atomic E-state index is 0.187. The molecule has 0 radical (unpaired) electrons. The highest BCUT2D eigenvalue weighted by Gasteiger charge is 2.46. The number of rotatable bonds is 1. The largest absolute Gasteiger partial charge is 0.342 e. The monoisotopic (exact) mass is 153 g/mol. The normalized spacial score (nSPS) is 34.3. The van der Waals surface area contributed by atoms with E-state index in [9.17, 15) is 4.79 Å². The van der Waals surface area contributed by atoms with Crippen LogP contribution in [0.15, 0.2) is 0 Å². The molecule has 2 nitrogen and oxygen atoms in total. The molecule has 1 heterocycles. The molecule has 62 valence electrons. The van der Waals surface area contributed by atoms with E-state index in [4.69, 9.17) is 0 Å². The highest BCUT2D eigenvalue weighted by molar-refractivity contribution is 5.78. The van der Waals surface area contributed by atoms with Gasteiger partial charge in [-0.25, -0.2) is 0 Å². The Bertz CT molecular complexity index is 178. The third-order valence-corrected chi connectivity index (χ3v) is 2.78. The molecule has 2 heteroatoms. The number of carbonyl (C=O) groups is 1. The summed E-state index contributed by atoms with van der Waals surface area (Å²) in [6, 6.07) is 0. The number of fused-ring (bicyclic) bond motifs is 1. The number of nitrogens with zero attached hydrogens (tertiary/aromatic N) is 1. The molecule has 1 aliphatic heterocycles. The molecule has 0 bridgehead atoms. The smallest absolute Gasteiger partial charge is 0.225 e. The fourth-order valence-corrected chi connectivity index (χ4v) is 1.94. The van der Waals surface area contributed by atoms with Crippen molar-refractivity contribution in [1.29, 1.82) is 0 Å². The summed E-state index contributed by atoms with van der Waals surface area (Å²) in [5, 5.41) is 0. The number of piperidine rings is 1. The first-order valence-electron chi connectivity index (χ1n) is 4.47. The minimum Gasteiger partial charge on any atom is -0.342 e. The lowest BCUT2D eigenvalue weighted by molar-refractivity contribution is -0.133. The van der Waals surface area contributed by atoms with Crippen LogP contribution in [0, 0.1) is 17.8 Å². The van der Waals surface area contributed by atoms with Crippen LogP contribution in [0.4, 0.5) is 0 Å². The molecular weight excluding hydrogens is 138 g/mol. The van der Waals surface area contributed by atoms with Crippen LogP contribution in [-0.4, -0.2) is 23.9 Å². The maximum atomic E-state index is 11.4. The molecule has 1 saturated carbocycles. The van der Waals surface area contributed by atoms with E-state index in [-0.39, 0.29) is 5.92 Å². The van der Waals surface area contributed by atoms with E-state index >= 15 is 0 Å². The number of likely N-dealkylation sites (tertiary alicyclic amines) is 1. The third-order valence-electron chi connectivity index (χ3n) is 2.78. The van der Waals surface area contributed by atoms with Crippen LogP contribution >= 0.6 is 0 Å². The van der Waals surface area contributed by atoms with Gasteiger partial charge in [0.2, 0.25) is 5.91 Å². The number of amides is 1. The summed E-state index contributed by atoms with van der Waals surface area (Å²) in [4.78, 5) is 13.5. The summed E-state index contributed by atoms with van der Waals surface area (Å²) in [5.74, 6) is 2.28. The highest BCUT2D eigenvalue weighted by atomic mass is 16.2. The molecule has 0 spiro atoms. The zero-order valence-electron chi connectivity index (χ0n) is 7.21. The van der Waals surface area contributed by atoms with E-state index in [2.05, 4.69) is 0 Å². The van der Waals surface area contributed by atoms with Crippen molar-refractivity contribution in [1.82, 2.24) is 4.90 Å². The Labute approximate surface area is 67.6 Å². The van der Waals surface area contributed by atoms with Gasteiger partial charge in [-0.2, -0.15) is 0 Å². The molecule has 11 heavy (non-hydrogen) atoms. The standard InChI is InChI=1S/C9H15NO/c1-6(2)9(11)10-4-7-3-8(7)5-10/h6-8H,3-5H2,1-2H3.